The van der Waals surface area contributed by atoms with Crippen molar-refractivity contribution < 1.29 is 0 Å². The van der Waals surface area contributed by atoms with Gasteiger partial charge < -0.3 is 10.2 Å². The Bertz CT molecular complexity index is 1990. The first-order valence-electron chi connectivity index (χ1n) is 25.6. The zero-order valence-electron chi connectivity index (χ0n) is 44.5. The molecule has 3 aliphatic rings. The van der Waals surface area contributed by atoms with Gasteiger partial charge in [-0.1, -0.05) is 169 Å². The van der Waals surface area contributed by atoms with E-state index in [1.165, 1.54) is 149 Å². The highest BCUT2D eigenvalue weighted by Crippen LogP contribution is 2.48. The third-order valence-electron chi connectivity index (χ3n) is 13.8. The standard InChI is InChI=1S/C27H36.C24H36N2.C10H18.C2H6/c1-7-11-21(5)26(9-3)27-17-16-25(19-22(27)6)24(8-2)15-14-20(4)18-23-12-10-13-23;1-6-8-19(4)22-11-10-20(13-23(22)18(2)3)9-7-12-26-16-24(17-26)14-21(15-24)25-5;1-8(2)6-7-10(5)9(3)4;1-2/h8-9,11,14-17,19,23H,4,7,10,12-13,18H2,1-3,5-6H3;8,10-11,13,21,25H,2,6-7,9,12,14-17H2,1,3-5H3;10H,1,3,6-7H2,2,4-5H3;1-2H3/b15-14-,21-11-,24-8+,26-9+;;;. The Labute approximate surface area is 402 Å². The fourth-order valence-electron chi connectivity index (χ4n) is 9.44. The number of nitrogens with zero attached hydrogens (tertiary/aromatic N) is 1. The van der Waals surface area contributed by atoms with E-state index in [0.29, 0.717) is 11.3 Å². The van der Waals surface area contributed by atoms with Crippen LogP contribution in [0.1, 0.15) is 187 Å². The van der Waals surface area contributed by atoms with Crippen molar-refractivity contribution in [3.05, 3.63) is 155 Å². The molecule has 2 aromatic carbocycles. The number of benzene rings is 2. The summed E-state index contributed by atoms with van der Waals surface area (Å²) in [5.74, 6) is 1.52. The van der Waals surface area contributed by atoms with Gasteiger partial charge in [0.2, 0.25) is 0 Å². The Morgan fingerprint density at radius 3 is 2.00 bits per heavy atom. The molecule has 1 unspecified atom stereocenters. The van der Waals surface area contributed by atoms with Crippen molar-refractivity contribution in [2.24, 2.45) is 17.3 Å². The number of aryl methyl sites for hydroxylation is 2. The monoisotopic (exact) mass is 881 g/mol. The Hall–Kier alpha value is -3.98. The molecule has 0 bridgehead atoms. The summed E-state index contributed by atoms with van der Waals surface area (Å²) in [6.45, 7) is 47.9. The summed E-state index contributed by atoms with van der Waals surface area (Å²) in [7, 11) is 2.10. The molecule has 2 heteroatoms. The van der Waals surface area contributed by atoms with Gasteiger partial charge in [-0.05, 0) is 200 Å². The molecular weight excluding hydrogens is 785 g/mol. The minimum Gasteiger partial charge on any atom is -0.317 e. The van der Waals surface area contributed by atoms with Crippen molar-refractivity contribution in [2.45, 2.75) is 173 Å². The normalized spacial score (nSPS) is 17.0. The van der Waals surface area contributed by atoms with Crippen LogP contribution in [-0.4, -0.2) is 37.6 Å². The third-order valence-corrected chi connectivity index (χ3v) is 13.8. The first-order valence-corrected chi connectivity index (χ1v) is 25.6. The van der Waals surface area contributed by atoms with Gasteiger partial charge >= 0.3 is 0 Å². The second-order valence-electron chi connectivity index (χ2n) is 19.7. The minimum absolute atomic E-state index is 0.650. The maximum absolute atomic E-state index is 4.25. The van der Waals surface area contributed by atoms with Crippen LogP contribution in [0.5, 0.6) is 0 Å². The van der Waals surface area contributed by atoms with Gasteiger partial charge in [0.15, 0.2) is 0 Å². The lowest BCUT2D eigenvalue weighted by atomic mass is 9.60. The van der Waals surface area contributed by atoms with Crippen LogP contribution in [-0.2, 0) is 6.42 Å². The molecule has 2 aromatic rings. The Balaban J connectivity index is 0.000000360. The number of hydrogen-bond acceptors (Lipinski definition) is 2. The summed E-state index contributed by atoms with van der Waals surface area (Å²) in [5.41, 5.74) is 19.0. The van der Waals surface area contributed by atoms with Crippen LogP contribution in [0.2, 0.25) is 0 Å². The first-order chi connectivity index (χ1) is 31.0. The Morgan fingerprint density at radius 2 is 1.49 bits per heavy atom. The Kier molecular flexibility index (Phi) is 26.0. The lowest BCUT2D eigenvalue weighted by molar-refractivity contribution is -0.0771. The minimum atomic E-state index is 0.650. The van der Waals surface area contributed by atoms with E-state index in [-0.39, 0.29) is 0 Å². The van der Waals surface area contributed by atoms with E-state index in [2.05, 4.69) is 193 Å². The summed E-state index contributed by atoms with van der Waals surface area (Å²) >= 11 is 0. The smallest absolute Gasteiger partial charge is 0.00765 e. The average molecular weight is 881 g/mol. The van der Waals surface area contributed by atoms with E-state index in [9.17, 15) is 0 Å². The molecular formula is C63H96N2. The second kappa shape index (κ2) is 29.6. The van der Waals surface area contributed by atoms with Crippen LogP contribution >= 0.6 is 0 Å². The fourth-order valence-corrected chi connectivity index (χ4v) is 9.44. The quantitative estimate of drug-likeness (QED) is 0.105. The van der Waals surface area contributed by atoms with Crippen LogP contribution in [0.4, 0.5) is 0 Å². The first kappa shape index (κ1) is 57.1. The van der Waals surface area contributed by atoms with E-state index < -0.39 is 0 Å². The van der Waals surface area contributed by atoms with Crippen molar-refractivity contribution in [2.75, 3.05) is 26.7 Å². The summed E-state index contributed by atoms with van der Waals surface area (Å²) in [4.78, 5) is 2.65. The van der Waals surface area contributed by atoms with E-state index in [0.717, 1.165) is 37.6 Å². The van der Waals surface area contributed by atoms with Crippen molar-refractivity contribution in [1.29, 1.82) is 0 Å². The number of rotatable bonds is 20. The van der Waals surface area contributed by atoms with Crippen LogP contribution < -0.4 is 5.32 Å². The molecule has 2 saturated carbocycles. The predicted octanol–water partition coefficient (Wildman–Crippen LogP) is 18.2. The lowest BCUT2D eigenvalue weighted by Gasteiger charge is -2.59. The van der Waals surface area contributed by atoms with E-state index >= 15 is 0 Å². The van der Waals surface area contributed by atoms with Gasteiger partial charge in [0, 0.05) is 19.1 Å². The maximum atomic E-state index is 4.25. The summed E-state index contributed by atoms with van der Waals surface area (Å²) in [5, 5.41) is 3.41. The molecule has 1 heterocycles. The molecule has 2 nitrogen and oxygen atoms in total. The Morgan fingerprint density at radius 1 is 0.846 bits per heavy atom. The van der Waals surface area contributed by atoms with Gasteiger partial charge in [0.25, 0.3) is 0 Å². The highest BCUT2D eigenvalue weighted by atomic mass is 15.2. The van der Waals surface area contributed by atoms with Crippen LogP contribution in [0.3, 0.4) is 0 Å². The van der Waals surface area contributed by atoms with Crippen molar-refractivity contribution >= 4 is 22.3 Å². The van der Waals surface area contributed by atoms with Crippen LogP contribution in [0.15, 0.2) is 121 Å². The molecule has 1 N–H and O–H groups in total. The van der Waals surface area contributed by atoms with E-state index in [1.54, 1.807) is 0 Å². The molecule has 0 radical (unpaired) electrons. The van der Waals surface area contributed by atoms with Gasteiger partial charge in [-0.15, -0.1) is 6.58 Å². The SMILES string of the molecule is C=C(/C=C\C(=C/C)c1ccc(C(=C/C)/C(C)=C\CC)c(C)c1)CC1CCC1.C=C(C)CCC(C)C(=C)C.C=C(C)c1cc(CCCN2CC3(CC(NC)C3)C2)ccc1C(C)=CCC.CC. The number of nitrogens with one attached hydrogen (secondary N) is 1. The largest absolute Gasteiger partial charge is 0.317 e. The zero-order chi connectivity index (χ0) is 48.7. The summed E-state index contributed by atoms with van der Waals surface area (Å²) in [6, 6.07) is 14.6. The molecule has 1 spiro atoms. The van der Waals surface area contributed by atoms with Gasteiger partial charge in [-0.3, -0.25) is 0 Å². The molecule has 1 saturated heterocycles. The molecule has 65 heavy (non-hydrogen) atoms. The molecule has 0 amide bonds. The lowest BCUT2D eigenvalue weighted by Crippen LogP contribution is -2.65. The molecule has 1 atom stereocenters. The summed E-state index contributed by atoms with van der Waals surface area (Å²) < 4.78 is 0. The highest BCUT2D eigenvalue weighted by molar-refractivity contribution is 5.82. The maximum Gasteiger partial charge on any atom is 0.00765 e. The van der Waals surface area contributed by atoms with Gasteiger partial charge in [-0.25, -0.2) is 0 Å². The third kappa shape index (κ3) is 18.7. The van der Waals surface area contributed by atoms with Gasteiger partial charge in [0.05, 0.1) is 0 Å². The average Bonchev–Trinajstić information content (AvgIpc) is 3.23. The number of likely N-dealkylation sites (tertiary alicyclic amines) is 1. The number of allylic oxidation sites excluding steroid dienone is 14. The van der Waals surface area contributed by atoms with E-state index in [4.69, 9.17) is 0 Å². The van der Waals surface area contributed by atoms with Crippen LogP contribution in [0, 0.1) is 24.2 Å². The van der Waals surface area contributed by atoms with Crippen molar-refractivity contribution in [3.8, 4) is 0 Å². The predicted molar refractivity (Wildman–Crippen MR) is 297 cm³/mol. The molecule has 5 rings (SSSR count). The molecule has 3 fully saturated rings. The van der Waals surface area contributed by atoms with Gasteiger partial charge in [-0.2, -0.15) is 0 Å². The topological polar surface area (TPSA) is 15.3 Å². The van der Waals surface area contributed by atoms with Crippen molar-refractivity contribution in [1.82, 2.24) is 10.2 Å². The highest BCUT2D eigenvalue weighted by Gasteiger charge is 2.51. The van der Waals surface area contributed by atoms with Crippen molar-refractivity contribution in [3.63, 3.8) is 0 Å². The number of hydrogen-bond donors (Lipinski definition) is 1. The van der Waals surface area contributed by atoms with E-state index in [1.807, 2.05) is 13.8 Å². The van der Waals surface area contributed by atoms with Crippen LogP contribution in [0.25, 0.3) is 22.3 Å². The molecule has 358 valence electrons. The molecule has 2 aliphatic carbocycles. The second-order valence-corrected chi connectivity index (χ2v) is 19.7. The summed E-state index contributed by atoms with van der Waals surface area (Å²) in [6.07, 6.45) is 28.4. The molecule has 1 aliphatic heterocycles. The zero-order valence-corrected chi connectivity index (χ0v) is 44.5. The molecule has 0 aromatic heterocycles. The van der Waals surface area contributed by atoms with Gasteiger partial charge in [0.1, 0.15) is 0 Å². The fraction of sp³-hybridized carbons (Fsp3) is 0.524.